The van der Waals surface area contributed by atoms with E-state index in [2.05, 4.69) is 71.1 Å². The van der Waals surface area contributed by atoms with Crippen molar-refractivity contribution >= 4 is 0 Å². The molecule has 0 aliphatic carbocycles. The lowest BCUT2D eigenvalue weighted by molar-refractivity contribution is 0.426. The molecule has 1 nitrogen and oxygen atoms in total. The van der Waals surface area contributed by atoms with E-state index in [1.165, 1.54) is 11.1 Å². The average Bonchev–Trinajstić information content (AvgIpc) is 2.25. The van der Waals surface area contributed by atoms with E-state index in [1.54, 1.807) is 0 Å². The van der Waals surface area contributed by atoms with E-state index < -0.39 is 0 Å². The molecule has 0 spiro atoms. The normalized spacial score (nSPS) is 14.1. The Balaban J connectivity index is 2.57. The van der Waals surface area contributed by atoms with Crippen LogP contribution in [0.2, 0.25) is 0 Å². The zero-order chi connectivity index (χ0) is 13.1. The standard InChI is InChI=1S/C16H27N/c1-12(2)13(3)17-11-14-7-9-15(10-8-14)16(4,5)6/h7-10,12-13,17H,11H2,1-6H3. The number of benzene rings is 1. The first-order valence-corrected chi connectivity index (χ1v) is 6.63. The fourth-order valence-electron chi connectivity index (χ4n) is 1.64. The largest absolute Gasteiger partial charge is 0.310 e. The number of hydrogen-bond donors (Lipinski definition) is 1. The minimum absolute atomic E-state index is 0.247. The van der Waals surface area contributed by atoms with Crippen molar-refractivity contribution in [1.29, 1.82) is 0 Å². The molecule has 96 valence electrons. The number of rotatable bonds is 4. The second-order valence-electron chi connectivity index (χ2n) is 6.36. The van der Waals surface area contributed by atoms with Gasteiger partial charge in [-0.2, -0.15) is 0 Å². The Bertz CT molecular complexity index is 330. The molecule has 1 atom stereocenters. The molecule has 0 saturated heterocycles. The molecule has 1 aromatic carbocycles. The Morgan fingerprint density at radius 1 is 1.00 bits per heavy atom. The predicted octanol–water partition coefficient (Wildman–Crippen LogP) is 4.12. The highest BCUT2D eigenvalue weighted by molar-refractivity contribution is 5.27. The maximum absolute atomic E-state index is 3.56. The van der Waals surface area contributed by atoms with Crippen molar-refractivity contribution in [2.24, 2.45) is 5.92 Å². The van der Waals surface area contributed by atoms with Gasteiger partial charge in [-0.05, 0) is 29.4 Å². The summed E-state index contributed by atoms with van der Waals surface area (Å²) in [6, 6.07) is 9.53. The fraction of sp³-hybridized carbons (Fsp3) is 0.625. The van der Waals surface area contributed by atoms with Gasteiger partial charge in [-0.15, -0.1) is 0 Å². The number of hydrogen-bond acceptors (Lipinski definition) is 1. The Morgan fingerprint density at radius 2 is 1.53 bits per heavy atom. The minimum atomic E-state index is 0.247. The molecule has 1 N–H and O–H groups in total. The molecule has 1 aromatic rings. The van der Waals surface area contributed by atoms with Crippen molar-refractivity contribution in [1.82, 2.24) is 5.32 Å². The van der Waals surface area contributed by atoms with Gasteiger partial charge in [-0.25, -0.2) is 0 Å². The smallest absolute Gasteiger partial charge is 0.0208 e. The fourth-order valence-corrected chi connectivity index (χ4v) is 1.64. The summed E-state index contributed by atoms with van der Waals surface area (Å²) in [6.07, 6.45) is 0. The lowest BCUT2D eigenvalue weighted by Crippen LogP contribution is -2.30. The molecule has 1 rings (SSSR count). The summed E-state index contributed by atoms with van der Waals surface area (Å²) in [7, 11) is 0. The summed E-state index contributed by atoms with van der Waals surface area (Å²) in [5.41, 5.74) is 3.01. The van der Waals surface area contributed by atoms with Gasteiger partial charge in [0, 0.05) is 12.6 Å². The van der Waals surface area contributed by atoms with Gasteiger partial charge in [-0.1, -0.05) is 58.9 Å². The summed E-state index contributed by atoms with van der Waals surface area (Å²) in [6.45, 7) is 14.5. The van der Waals surface area contributed by atoms with Crippen molar-refractivity contribution in [3.8, 4) is 0 Å². The van der Waals surface area contributed by atoms with Crippen LogP contribution in [0.15, 0.2) is 24.3 Å². The molecule has 0 aromatic heterocycles. The highest BCUT2D eigenvalue weighted by Crippen LogP contribution is 2.22. The molecule has 1 unspecified atom stereocenters. The Morgan fingerprint density at radius 3 is 1.94 bits per heavy atom. The van der Waals surface area contributed by atoms with Crippen molar-refractivity contribution in [3.63, 3.8) is 0 Å². The third-order valence-electron chi connectivity index (χ3n) is 3.45. The lowest BCUT2D eigenvalue weighted by Gasteiger charge is -2.20. The molecule has 1 heteroatoms. The molecule has 0 bridgehead atoms. The highest BCUT2D eigenvalue weighted by atomic mass is 14.9. The second kappa shape index (κ2) is 5.68. The first kappa shape index (κ1) is 14.2. The molecule has 0 heterocycles. The van der Waals surface area contributed by atoms with Gasteiger partial charge < -0.3 is 5.32 Å². The van der Waals surface area contributed by atoms with E-state index in [0.29, 0.717) is 12.0 Å². The summed E-state index contributed by atoms with van der Waals surface area (Å²) in [4.78, 5) is 0. The van der Waals surface area contributed by atoms with Crippen molar-refractivity contribution < 1.29 is 0 Å². The molecule has 0 aliphatic rings. The van der Waals surface area contributed by atoms with Crippen LogP contribution in [0.4, 0.5) is 0 Å². The van der Waals surface area contributed by atoms with Crippen molar-refractivity contribution in [2.75, 3.05) is 0 Å². The van der Waals surface area contributed by atoms with Gasteiger partial charge in [0.2, 0.25) is 0 Å². The van der Waals surface area contributed by atoms with Gasteiger partial charge in [-0.3, -0.25) is 0 Å². The van der Waals surface area contributed by atoms with Crippen LogP contribution in [-0.4, -0.2) is 6.04 Å². The van der Waals surface area contributed by atoms with Crippen LogP contribution in [-0.2, 0) is 12.0 Å². The molecule has 0 saturated carbocycles. The molecule has 0 radical (unpaired) electrons. The van der Waals surface area contributed by atoms with Crippen LogP contribution in [0.25, 0.3) is 0 Å². The first-order chi connectivity index (χ1) is 7.80. The molecular formula is C16H27N. The van der Waals surface area contributed by atoms with Gasteiger partial charge in [0.05, 0.1) is 0 Å². The monoisotopic (exact) mass is 233 g/mol. The van der Waals surface area contributed by atoms with E-state index in [-0.39, 0.29) is 5.41 Å². The predicted molar refractivity (Wildman–Crippen MR) is 76.3 cm³/mol. The topological polar surface area (TPSA) is 12.0 Å². The Hall–Kier alpha value is -0.820. The van der Waals surface area contributed by atoms with E-state index >= 15 is 0 Å². The van der Waals surface area contributed by atoms with Gasteiger partial charge in [0.15, 0.2) is 0 Å². The lowest BCUT2D eigenvalue weighted by atomic mass is 9.87. The molecule has 0 amide bonds. The molecule has 0 aliphatic heterocycles. The van der Waals surface area contributed by atoms with Crippen LogP contribution in [0.3, 0.4) is 0 Å². The van der Waals surface area contributed by atoms with Crippen molar-refractivity contribution in [2.45, 2.75) is 59.5 Å². The van der Waals surface area contributed by atoms with Gasteiger partial charge in [0.25, 0.3) is 0 Å². The quantitative estimate of drug-likeness (QED) is 0.825. The van der Waals surface area contributed by atoms with E-state index in [4.69, 9.17) is 0 Å². The minimum Gasteiger partial charge on any atom is -0.310 e. The van der Waals surface area contributed by atoms with Gasteiger partial charge >= 0.3 is 0 Å². The average molecular weight is 233 g/mol. The van der Waals surface area contributed by atoms with Crippen LogP contribution in [0.5, 0.6) is 0 Å². The summed E-state index contributed by atoms with van der Waals surface area (Å²) < 4.78 is 0. The van der Waals surface area contributed by atoms with E-state index in [1.807, 2.05) is 0 Å². The van der Waals surface area contributed by atoms with E-state index in [0.717, 1.165) is 6.54 Å². The van der Waals surface area contributed by atoms with Crippen molar-refractivity contribution in [3.05, 3.63) is 35.4 Å². The Labute approximate surface area is 107 Å². The second-order valence-corrected chi connectivity index (χ2v) is 6.36. The third-order valence-corrected chi connectivity index (χ3v) is 3.45. The van der Waals surface area contributed by atoms with Crippen LogP contribution in [0.1, 0.15) is 52.7 Å². The van der Waals surface area contributed by atoms with Crippen LogP contribution >= 0.6 is 0 Å². The molecule has 0 fully saturated rings. The molecular weight excluding hydrogens is 206 g/mol. The third kappa shape index (κ3) is 4.51. The maximum Gasteiger partial charge on any atom is 0.0208 e. The summed E-state index contributed by atoms with van der Waals surface area (Å²) >= 11 is 0. The first-order valence-electron chi connectivity index (χ1n) is 6.63. The summed E-state index contributed by atoms with van der Waals surface area (Å²) in [5.74, 6) is 0.684. The zero-order valence-electron chi connectivity index (χ0n) is 12.2. The van der Waals surface area contributed by atoms with E-state index in [9.17, 15) is 0 Å². The molecule has 17 heavy (non-hydrogen) atoms. The number of nitrogens with one attached hydrogen (secondary N) is 1. The SMILES string of the molecule is CC(C)C(C)NCc1ccc(C(C)(C)C)cc1. The highest BCUT2D eigenvalue weighted by Gasteiger charge is 2.13. The van der Waals surface area contributed by atoms with Crippen LogP contribution in [0, 0.1) is 5.92 Å². The maximum atomic E-state index is 3.56. The van der Waals surface area contributed by atoms with Crippen LogP contribution < -0.4 is 5.32 Å². The Kier molecular flexibility index (Phi) is 4.76. The zero-order valence-corrected chi connectivity index (χ0v) is 12.2. The summed E-state index contributed by atoms with van der Waals surface area (Å²) in [5, 5.41) is 3.56. The van der Waals surface area contributed by atoms with Gasteiger partial charge in [0.1, 0.15) is 0 Å².